The van der Waals surface area contributed by atoms with Crippen molar-refractivity contribution in [2.45, 2.75) is 32.5 Å². The van der Waals surface area contributed by atoms with Gasteiger partial charge in [0.05, 0.1) is 5.56 Å². The van der Waals surface area contributed by atoms with Crippen molar-refractivity contribution in [2.24, 2.45) is 0 Å². The van der Waals surface area contributed by atoms with Gasteiger partial charge in [-0.15, -0.1) is 10.2 Å². The second kappa shape index (κ2) is 4.57. The number of hydrogen-bond donors (Lipinski definition) is 0. The first kappa shape index (κ1) is 14.5. The molecule has 0 saturated heterocycles. The molecule has 0 spiro atoms. The highest BCUT2D eigenvalue weighted by molar-refractivity contribution is 5.57. The van der Waals surface area contributed by atoms with Crippen molar-refractivity contribution in [3.63, 3.8) is 0 Å². The molecule has 0 saturated carbocycles. The van der Waals surface area contributed by atoms with Gasteiger partial charge in [-0.1, -0.05) is 0 Å². The Labute approximate surface area is 113 Å². The Morgan fingerprint density at radius 2 is 1.75 bits per heavy atom. The minimum Gasteiger partial charge on any atom is -0.308 e. The van der Waals surface area contributed by atoms with E-state index >= 15 is 0 Å². The van der Waals surface area contributed by atoms with Crippen LogP contribution in [0.5, 0.6) is 0 Å². The van der Waals surface area contributed by atoms with Crippen LogP contribution < -0.4 is 0 Å². The molecule has 0 fully saturated rings. The molecule has 0 radical (unpaired) electrons. The minimum atomic E-state index is -4.74. The first-order chi connectivity index (χ1) is 9.10. The number of benzene rings is 1. The van der Waals surface area contributed by atoms with Crippen LogP contribution in [0.4, 0.5) is 17.6 Å². The average Bonchev–Trinajstić information content (AvgIpc) is 2.76. The molecule has 0 aliphatic heterocycles. The highest BCUT2D eigenvalue weighted by Gasteiger charge is 2.34. The van der Waals surface area contributed by atoms with Crippen molar-refractivity contribution >= 4 is 0 Å². The Balaban J connectivity index is 2.58. The molecule has 1 aromatic carbocycles. The number of hydrogen-bond acceptors (Lipinski definition) is 2. The van der Waals surface area contributed by atoms with E-state index in [9.17, 15) is 17.6 Å². The summed E-state index contributed by atoms with van der Waals surface area (Å²) in [6.45, 7) is 5.61. The second-order valence-electron chi connectivity index (χ2n) is 5.39. The molecule has 0 amide bonds. The Bertz CT molecular complexity index is 623. The molecule has 7 heteroatoms. The minimum absolute atomic E-state index is 0.172. The van der Waals surface area contributed by atoms with Crippen molar-refractivity contribution in [1.29, 1.82) is 0 Å². The van der Waals surface area contributed by atoms with Crippen LogP contribution >= 0.6 is 0 Å². The first-order valence-corrected chi connectivity index (χ1v) is 5.88. The fourth-order valence-corrected chi connectivity index (χ4v) is 1.80. The van der Waals surface area contributed by atoms with Crippen LogP contribution in [-0.2, 0) is 11.7 Å². The maximum atomic E-state index is 13.3. The summed E-state index contributed by atoms with van der Waals surface area (Å²) in [5.74, 6) is -1.04. The molecule has 0 N–H and O–H groups in total. The highest BCUT2D eigenvalue weighted by Crippen LogP contribution is 2.34. The van der Waals surface area contributed by atoms with Gasteiger partial charge >= 0.3 is 6.18 Å². The van der Waals surface area contributed by atoms with Gasteiger partial charge in [0.15, 0.2) is 5.82 Å². The molecule has 0 aliphatic rings. The quantitative estimate of drug-likeness (QED) is 0.746. The molecule has 1 heterocycles. The molecule has 0 aliphatic carbocycles. The van der Waals surface area contributed by atoms with Crippen LogP contribution in [0.15, 0.2) is 24.5 Å². The third-order valence-electron chi connectivity index (χ3n) is 2.80. The van der Waals surface area contributed by atoms with Crippen LogP contribution in [0.2, 0.25) is 0 Å². The maximum Gasteiger partial charge on any atom is 0.419 e. The predicted octanol–water partition coefficient (Wildman–Crippen LogP) is 3.86. The first-order valence-electron chi connectivity index (χ1n) is 5.88. The van der Waals surface area contributed by atoms with Crippen LogP contribution in [0.3, 0.4) is 0 Å². The summed E-state index contributed by atoms with van der Waals surface area (Å²) in [5, 5.41) is 7.55. The van der Waals surface area contributed by atoms with Gasteiger partial charge in [-0.25, -0.2) is 4.39 Å². The van der Waals surface area contributed by atoms with Gasteiger partial charge in [-0.05, 0) is 39.0 Å². The van der Waals surface area contributed by atoms with Gasteiger partial charge in [0, 0.05) is 11.1 Å². The molecule has 3 nitrogen and oxygen atoms in total. The van der Waals surface area contributed by atoms with Gasteiger partial charge in [-0.3, -0.25) is 0 Å². The van der Waals surface area contributed by atoms with E-state index in [0.717, 1.165) is 12.1 Å². The third-order valence-corrected chi connectivity index (χ3v) is 2.80. The van der Waals surface area contributed by atoms with Crippen molar-refractivity contribution in [3.8, 4) is 11.4 Å². The lowest BCUT2D eigenvalue weighted by atomic mass is 10.1. The molecule has 2 aromatic rings. The van der Waals surface area contributed by atoms with E-state index < -0.39 is 23.1 Å². The van der Waals surface area contributed by atoms with E-state index in [1.54, 1.807) is 4.57 Å². The fraction of sp³-hybridized carbons (Fsp3) is 0.385. The monoisotopic (exact) mass is 287 g/mol. The molecule has 108 valence electrons. The molecule has 0 unspecified atom stereocenters. The number of alkyl halides is 3. The van der Waals surface area contributed by atoms with E-state index in [4.69, 9.17) is 0 Å². The van der Waals surface area contributed by atoms with E-state index in [1.807, 2.05) is 20.8 Å². The lowest BCUT2D eigenvalue weighted by molar-refractivity contribution is -0.139. The Kier molecular flexibility index (Phi) is 3.31. The lowest BCUT2D eigenvalue weighted by Crippen LogP contribution is -2.22. The molecule has 0 atom stereocenters. The van der Waals surface area contributed by atoms with E-state index in [-0.39, 0.29) is 11.4 Å². The zero-order valence-electron chi connectivity index (χ0n) is 11.2. The molecule has 0 bridgehead atoms. The molecule has 1 aromatic heterocycles. The summed E-state index contributed by atoms with van der Waals surface area (Å²) in [5.41, 5.74) is -1.53. The van der Waals surface area contributed by atoms with Gasteiger partial charge < -0.3 is 4.57 Å². The Morgan fingerprint density at radius 1 is 1.10 bits per heavy atom. The fourth-order valence-electron chi connectivity index (χ4n) is 1.80. The van der Waals surface area contributed by atoms with Crippen LogP contribution in [0, 0.1) is 5.82 Å². The number of halogens is 4. The Morgan fingerprint density at radius 3 is 2.30 bits per heavy atom. The third kappa shape index (κ3) is 2.66. The zero-order chi connectivity index (χ0) is 15.1. The highest BCUT2D eigenvalue weighted by atomic mass is 19.4. The number of aromatic nitrogens is 3. The van der Waals surface area contributed by atoms with Gasteiger partial charge in [0.25, 0.3) is 0 Å². The maximum absolute atomic E-state index is 13.3. The average molecular weight is 287 g/mol. The topological polar surface area (TPSA) is 30.7 Å². The van der Waals surface area contributed by atoms with Gasteiger partial charge in [0.2, 0.25) is 0 Å². The van der Waals surface area contributed by atoms with Crippen LogP contribution in [0.25, 0.3) is 11.4 Å². The SMILES string of the molecule is CC(C)(C)n1cnnc1-c1ccc(F)c(C(F)(F)F)c1. The summed E-state index contributed by atoms with van der Waals surface area (Å²) >= 11 is 0. The smallest absolute Gasteiger partial charge is 0.308 e. The van der Waals surface area contributed by atoms with Gasteiger partial charge in [-0.2, -0.15) is 13.2 Å². The Hall–Kier alpha value is -1.92. The van der Waals surface area contributed by atoms with Crippen LogP contribution in [-0.4, -0.2) is 14.8 Å². The van der Waals surface area contributed by atoms with Crippen molar-refractivity contribution in [1.82, 2.24) is 14.8 Å². The largest absolute Gasteiger partial charge is 0.419 e. The zero-order valence-corrected chi connectivity index (χ0v) is 11.2. The number of nitrogens with zero attached hydrogens (tertiary/aromatic N) is 3. The summed E-state index contributed by atoms with van der Waals surface area (Å²) in [4.78, 5) is 0. The summed E-state index contributed by atoms with van der Waals surface area (Å²) < 4.78 is 53.1. The van der Waals surface area contributed by atoms with E-state index in [0.29, 0.717) is 0 Å². The van der Waals surface area contributed by atoms with Gasteiger partial charge in [0.1, 0.15) is 12.1 Å². The normalized spacial score (nSPS) is 12.8. The second-order valence-corrected chi connectivity index (χ2v) is 5.39. The van der Waals surface area contributed by atoms with E-state index in [1.165, 1.54) is 12.4 Å². The van der Waals surface area contributed by atoms with Crippen molar-refractivity contribution < 1.29 is 17.6 Å². The summed E-state index contributed by atoms with van der Waals surface area (Å²) in [7, 11) is 0. The molecule has 2 rings (SSSR count). The molecular weight excluding hydrogens is 274 g/mol. The standard InChI is InChI=1S/C13H13F4N3/c1-12(2,3)20-7-18-19-11(20)8-4-5-10(14)9(6-8)13(15,16)17/h4-7H,1-3H3. The summed E-state index contributed by atoms with van der Waals surface area (Å²) in [6, 6.07) is 2.80. The lowest BCUT2D eigenvalue weighted by Gasteiger charge is -2.22. The van der Waals surface area contributed by atoms with Crippen molar-refractivity contribution in [3.05, 3.63) is 35.9 Å². The summed E-state index contributed by atoms with van der Waals surface area (Å²) in [6.07, 6.45) is -3.31. The number of rotatable bonds is 1. The van der Waals surface area contributed by atoms with Crippen molar-refractivity contribution in [2.75, 3.05) is 0 Å². The molecular formula is C13H13F4N3. The molecule has 20 heavy (non-hydrogen) atoms. The van der Waals surface area contributed by atoms with E-state index in [2.05, 4.69) is 10.2 Å². The van der Waals surface area contributed by atoms with Crippen LogP contribution in [0.1, 0.15) is 26.3 Å². The predicted molar refractivity (Wildman–Crippen MR) is 65.4 cm³/mol.